The van der Waals surface area contributed by atoms with Crippen molar-refractivity contribution in [2.45, 2.75) is 56.4 Å². The maximum atomic E-state index is 10.1. The predicted molar refractivity (Wildman–Crippen MR) is 65.3 cm³/mol. The molecule has 0 amide bonds. The highest BCUT2D eigenvalue weighted by Gasteiger charge is 2.54. The van der Waals surface area contributed by atoms with Crippen molar-refractivity contribution in [3.8, 4) is 0 Å². The summed E-state index contributed by atoms with van der Waals surface area (Å²) in [6.07, 6.45) is 4.69. The van der Waals surface area contributed by atoms with E-state index in [0.717, 1.165) is 19.3 Å². The van der Waals surface area contributed by atoms with Crippen LogP contribution in [0, 0.1) is 11.8 Å². The summed E-state index contributed by atoms with van der Waals surface area (Å²) >= 11 is 0. The molecule has 0 bridgehead atoms. The van der Waals surface area contributed by atoms with E-state index < -0.39 is 12.1 Å². The number of aliphatic hydroxyl groups excluding tert-OH is 1. The van der Waals surface area contributed by atoms with Crippen molar-refractivity contribution in [1.29, 1.82) is 0 Å². The smallest absolute Gasteiger partial charge is 0.192 e. The Morgan fingerprint density at radius 1 is 1.00 bits per heavy atom. The quantitative estimate of drug-likeness (QED) is 0.713. The molecule has 19 heavy (non-hydrogen) atoms. The number of ether oxygens (including phenoxy) is 4. The number of fused-ring (bicyclic) bond motifs is 3. The number of hydrogen-bond donors (Lipinski definition) is 1. The van der Waals surface area contributed by atoms with Crippen LogP contribution in [0.25, 0.3) is 0 Å². The molecule has 0 aromatic carbocycles. The van der Waals surface area contributed by atoms with Gasteiger partial charge in [0, 0.05) is 12.3 Å². The fraction of sp³-hybridized carbons (Fsp3) is 1.00. The summed E-state index contributed by atoms with van der Waals surface area (Å²) in [5.41, 5.74) is 0. The first kappa shape index (κ1) is 12.5. The van der Waals surface area contributed by atoms with Gasteiger partial charge in [0.2, 0.25) is 0 Å². The second-order valence-corrected chi connectivity index (χ2v) is 6.26. The molecule has 4 rings (SSSR count). The number of aliphatic hydroxyl groups is 1. The fourth-order valence-electron chi connectivity index (χ4n) is 4.31. The molecular formula is C14H22O5. The van der Waals surface area contributed by atoms with Crippen molar-refractivity contribution in [2.75, 3.05) is 19.8 Å². The Balaban J connectivity index is 1.57. The third-order valence-electron chi connectivity index (χ3n) is 5.18. The minimum atomic E-state index is -0.789. The molecular weight excluding hydrogens is 248 g/mol. The lowest BCUT2D eigenvalue weighted by molar-refractivity contribution is -0.331. The van der Waals surface area contributed by atoms with E-state index in [4.69, 9.17) is 18.9 Å². The molecule has 3 heterocycles. The van der Waals surface area contributed by atoms with Gasteiger partial charge in [-0.15, -0.1) is 0 Å². The summed E-state index contributed by atoms with van der Waals surface area (Å²) in [5.74, 6) is 0.216. The summed E-state index contributed by atoms with van der Waals surface area (Å²) in [5, 5.41) is 10.1. The van der Waals surface area contributed by atoms with E-state index >= 15 is 0 Å². The molecule has 4 aliphatic rings. The van der Waals surface area contributed by atoms with Crippen molar-refractivity contribution >= 4 is 0 Å². The molecule has 0 radical (unpaired) electrons. The zero-order chi connectivity index (χ0) is 12.9. The van der Waals surface area contributed by atoms with E-state index in [1.807, 2.05) is 0 Å². The Morgan fingerprint density at radius 2 is 1.79 bits per heavy atom. The molecule has 1 N–H and O–H groups in total. The van der Waals surface area contributed by atoms with E-state index in [1.54, 1.807) is 0 Å². The third kappa shape index (κ3) is 2.03. The van der Waals surface area contributed by atoms with Crippen LogP contribution >= 0.6 is 0 Å². The second kappa shape index (κ2) is 4.67. The highest BCUT2D eigenvalue weighted by Crippen LogP contribution is 2.47. The summed E-state index contributed by atoms with van der Waals surface area (Å²) in [6.45, 7) is 1.70. The molecule has 3 aliphatic heterocycles. The van der Waals surface area contributed by atoms with Gasteiger partial charge >= 0.3 is 0 Å². The van der Waals surface area contributed by atoms with Crippen LogP contribution in [0.15, 0.2) is 0 Å². The molecule has 108 valence electrons. The number of hydrogen-bond acceptors (Lipinski definition) is 5. The lowest BCUT2D eigenvalue weighted by atomic mass is 9.70. The minimum absolute atomic E-state index is 0.185. The highest BCUT2D eigenvalue weighted by atomic mass is 16.8. The van der Waals surface area contributed by atoms with Gasteiger partial charge in [0.1, 0.15) is 12.7 Å². The second-order valence-electron chi connectivity index (χ2n) is 6.26. The van der Waals surface area contributed by atoms with E-state index in [2.05, 4.69) is 0 Å². The Bertz CT molecular complexity index is 341. The molecule has 5 atom stereocenters. The molecule has 1 saturated carbocycles. The Labute approximate surface area is 113 Å². The average molecular weight is 270 g/mol. The standard InChI is InChI=1S/C14H22O5/c15-13-12-10(9-3-1-2-4-11(9)19-13)7-14(8-16-12)17-5-6-18-14/h9-13,15H,1-8H2/t9-,10-,11+,12+,13+/m1/s1. The van der Waals surface area contributed by atoms with Crippen molar-refractivity contribution < 1.29 is 24.1 Å². The van der Waals surface area contributed by atoms with Crippen LogP contribution in [-0.4, -0.2) is 49.2 Å². The van der Waals surface area contributed by atoms with Crippen LogP contribution in [0.5, 0.6) is 0 Å². The van der Waals surface area contributed by atoms with Gasteiger partial charge in [-0.05, 0) is 18.8 Å². The van der Waals surface area contributed by atoms with Gasteiger partial charge in [-0.25, -0.2) is 0 Å². The Kier molecular flexibility index (Phi) is 3.08. The van der Waals surface area contributed by atoms with Crippen molar-refractivity contribution in [1.82, 2.24) is 0 Å². The van der Waals surface area contributed by atoms with Gasteiger partial charge in [0.15, 0.2) is 12.1 Å². The largest absolute Gasteiger partial charge is 0.367 e. The molecule has 0 aromatic rings. The monoisotopic (exact) mass is 270 g/mol. The van der Waals surface area contributed by atoms with Gasteiger partial charge < -0.3 is 24.1 Å². The highest BCUT2D eigenvalue weighted by molar-refractivity contribution is 4.97. The zero-order valence-electron chi connectivity index (χ0n) is 11.1. The van der Waals surface area contributed by atoms with Crippen LogP contribution in [0.4, 0.5) is 0 Å². The molecule has 1 aliphatic carbocycles. The van der Waals surface area contributed by atoms with Crippen LogP contribution in [-0.2, 0) is 18.9 Å². The van der Waals surface area contributed by atoms with Crippen molar-refractivity contribution in [2.24, 2.45) is 11.8 Å². The first-order valence-electron chi connectivity index (χ1n) is 7.50. The van der Waals surface area contributed by atoms with Gasteiger partial charge in [0.25, 0.3) is 0 Å². The van der Waals surface area contributed by atoms with Gasteiger partial charge in [-0.1, -0.05) is 12.8 Å². The van der Waals surface area contributed by atoms with Crippen LogP contribution in [0.2, 0.25) is 0 Å². The first-order chi connectivity index (χ1) is 9.27. The summed E-state index contributed by atoms with van der Waals surface area (Å²) < 4.78 is 23.2. The van der Waals surface area contributed by atoms with Gasteiger partial charge in [-0.3, -0.25) is 0 Å². The maximum absolute atomic E-state index is 10.1. The minimum Gasteiger partial charge on any atom is -0.367 e. The topological polar surface area (TPSA) is 57.2 Å². The molecule has 4 fully saturated rings. The fourth-order valence-corrected chi connectivity index (χ4v) is 4.31. The predicted octanol–water partition coefficient (Wildman–Crippen LogP) is 1.04. The van der Waals surface area contributed by atoms with E-state index in [9.17, 15) is 5.11 Å². The maximum Gasteiger partial charge on any atom is 0.192 e. The number of rotatable bonds is 0. The van der Waals surface area contributed by atoms with Crippen LogP contribution in [0.1, 0.15) is 32.1 Å². The summed E-state index contributed by atoms with van der Waals surface area (Å²) in [7, 11) is 0. The third-order valence-corrected chi connectivity index (χ3v) is 5.18. The average Bonchev–Trinajstić information content (AvgIpc) is 2.87. The first-order valence-corrected chi connectivity index (χ1v) is 7.50. The van der Waals surface area contributed by atoms with Crippen LogP contribution in [0.3, 0.4) is 0 Å². The molecule has 5 heteroatoms. The van der Waals surface area contributed by atoms with Crippen molar-refractivity contribution in [3.05, 3.63) is 0 Å². The van der Waals surface area contributed by atoms with E-state index in [-0.39, 0.29) is 12.2 Å². The zero-order valence-corrected chi connectivity index (χ0v) is 11.1. The Hall–Kier alpha value is -0.200. The van der Waals surface area contributed by atoms with Gasteiger partial charge in [0.05, 0.1) is 19.3 Å². The molecule has 0 aromatic heterocycles. The molecule has 3 saturated heterocycles. The molecule has 0 unspecified atom stereocenters. The Morgan fingerprint density at radius 3 is 2.63 bits per heavy atom. The summed E-state index contributed by atoms with van der Waals surface area (Å²) in [6, 6.07) is 0. The lowest BCUT2D eigenvalue weighted by Gasteiger charge is -2.52. The van der Waals surface area contributed by atoms with Gasteiger partial charge in [-0.2, -0.15) is 0 Å². The molecule has 1 spiro atoms. The SMILES string of the molecule is O[C@H]1O[C@H]2CCCC[C@@H]2[C@H]2CC3(CO[C@@H]21)OCCO3. The van der Waals surface area contributed by atoms with Crippen molar-refractivity contribution in [3.63, 3.8) is 0 Å². The van der Waals surface area contributed by atoms with Crippen LogP contribution < -0.4 is 0 Å². The van der Waals surface area contributed by atoms with E-state index in [0.29, 0.717) is 31.7 Å². The molecule has 5 nitrogen and oxygen atoms in total. The summed E-state index contributed by atoms with van der Waals surface area (Å²) in [4.78, 5) is 0. The van der Waals surface area contributed by atoms with E-state index in [1.165, 1.54) is 12.8 Å². The lowest BCUT2D eigenvalue weighted by Crippen LogP contribution is -2.60. The normalized spacial score (nSPS) is 48.8.